The van der Waals surface area contributed by atoms with Crippen LogP contribution in [0.25, 0.3) is 0 Å². The number of benzene rings is 2. The third-order valence-corrected chi connectivity index (χ3v) is 5.42. The van der Waals surface area contributed by atoms with Gasteiger partial charge in [0.1, 0.15) is 0 Å². The first-order valence-corrected chi connectivity index (χ1v) is 9.56. The van der Waals surface area contributed by atoms with Gasteiger partial charge in [0, 0.05) is 0 Å². The lowest BCUT2D eigenvalue weighted by Gasteiger charge is -2.41. The van der Waals surface area contributed by atoms with Crippen LogP contribution in [0.4, 0.5) is 0 Å². The van der Waals surface area contributed by atoms with Gasteiger partial charge in [0.15, 0.2) is 0 Å². The average molecular weight is 369 g/mol. The topological polar surface area (TPSA) is 32.7 Å². The molecule has 3 rings (SSSR count). The van der Waals surface area contributed by atoms with Gasteiger partial charge in [-0.1, -0.05) is 60.5 Å². The van der Waals surface area contributed by atoms with E-state index in [0.717, 1.165) is 24.4 Å². The van der Waals surface area contributed by atoms with Crippen molar-refractivity contribution in [1.29, 1.82) is 0 Å². The Morgan fingerprint density at radius 2 is 1.58 bits per heavy atom. The van der Waals surface area contributed by atoms with Crippen molar-refractivity contribution in [2.45, 2.75) is 38.6 Å². The number of likely N-dealkylation sites (tertiary alicyclic amines) is 1. The van der Waals surface area contributed by atoms with Gasteiger partial charge in [0.05, 0.1) is 21.8 Å². The van der Waals surface area contributed by atoms with Gasteiger partial charge in [-0.05, 0) is 57.5 Å². The van der Waals surface area contributed by atoms with Crippen molar-refractivity contribution in [2.75, 3.05) is 13.1 Å². The Hall–Kier alpha value is -1.97. The van der Waals surface area contributed by atoms with Gasteiger partial charge in [-0.15, -0.1) is 0 Å². The fourth-order valence-electron chi connectivity index (χ4n) is 3.55. The van der Waals surface area contributed by atoms with E-state index in [9.17, 15) is 4.79 Å². The number of carbonyl (C=O) groups is 1. The van der Waals surface area contributed by atoms with Gasteiger partial charge < -0.3 is 0 Å². The Balaban J connectivity index is 2.04. The summed E-state index contributed by atoms with van der Waals surface area (Å²) in [5, 5.41) is 0.435. The number of piperidine rings is 1. The first kappa shape index (κ1) is 18.8. The maximum Gasteiger partial charge on any atom is 0.278 e. The van der Waals surface area contributed by atoms with E-state index in [1.165, 1.54) is 19.3 Å². The first-order valence-electron chi connectivity index (χ1n) is 9.18. The highest BCUT2D eigenvalue weighted by atomic mass is 35.5. The second-order valence-electron chi connectivity index (χ2n) is 7.22. The van der Waals surface area contributed by atoms with Gasteiger partial charge >= 0.3 is 0 Å². The standard InChI is InChI=1S/C22H25ClN2O/c1-22(2,25-15-9-4-10-16-25)20(17-11-5-3-6-12-17)24-21(26)18-13-7-8-14-19(18)23/h3,5-8,11-14H,4,9-10,15-16H2,1-2H3. The van der Waals surface area contributed by atoms with Crippen molar-refractivity contribution in [3.8, 4) is 0 Å². The van der Waals surface area contributed by atoms with Gasteiger partial charge in [-0.3, -0.25) is 9.69 Å². The molecule has 0 N–H and O–H groups in total. The fourth-order valence-corrected chi connectivity index (χ4v) is 3.77. The van der Waals surface area contributed by atoms with Gasteiger partial charge in [0.2, 0.25) is 0 Å². The Kier molecular flexibility index (Phi) is 5.90. The predicted molar refractivity (Wildman–Crippen MR) is 108 cm³/mol. The molecule has 3 nitrogen and oxygen atoms in total. The van der Waals surface area contributed by atoms with Crippen molar-refractivity contribution in [3.63, 3.8) is 0 Å². The molecular formula is C22H25ClN2O. The molecule has 2 aromatic rings. The van der Waals surface area contributed by atoms with Crippen molar-refractivity contribution >= 4 is 23.2 Å². The molecule has 0 aromatic heterocycles. The van der Waals surface area contributed by atoms with E-state index in [1.807, 2.05) is 42.5 Å². The third-order valence-electron chi connectivity index (χ3n) is 5.09. The molecule has 1 fully saturated rings. The van der Waals surface area contributed by atoms with Gasteiger partial charge in [0.25, 0.3) is 5.91 Å². The molecule has 0 spiro atoms. The number of carbonyl (C=O) groups excluding carboxylic acids is 1. The van der Waals surface area contributed by atoms with E-state index in [4.69, 9.17) is 11.6 Å². The lowest BCUT2D eigenvalue weighted by Crippen LogP contribution is -2.52. The van der Waals surface area contributed by atoms with Crippen LogP contribution in [0.3, 0.4) is 0 Å². The van der Waals surface area contributed by atoms with Crippen LogP contribution in [0.15, 0.2) is 59.6 Å². The summed E-state index contributed by atoms with van der Waals surface area (Å²) in [5.41, 5.74) is 1.88. The van der Waals surface area contributed by atoms with E-state index in [-0.39, 0.29) is 11.4 Å². The molecule has 1 aliphatic rings. The SMILES string of the molecule is CC(C)(C(=NC(=O)c1ccccc1Cl)c1ccccc1)N1CCCCC1. The molecule has 0 unspecified atom stereocenters. The minimum absolute atomic E-state index is 0.292. The molecule has 0 atom stereocenters. The summed E-state index contributed by atoms with van der Waals surface area (Å²) in [6.07, 6.45) is 3.64. The molecule has 1 heterocycles. The Labute approximate surface area is 160 Å². The third kappa shape index (κ3) is 4.05. The van der Waals surface area contributed by atoms with Crippen LogP contribution in [0, 0.1) is 0 Å². The minimum Gasteiger partial charge on any atom is -0.293 e. The predicted octanol–water partition coefficient (Wildman–Crippen LogP) is 5.23. The summed E-state index contributed by atoms with van der Waals surface area (Å²) in [4.78, 5) is 19.9. The summed E-state index contributed by atoms with van der Waals surface area (Å²) in [5.74, 6) is -0.292. The number of nitrogens with zero attached hydrogens (tertiary/aromatic N) is 2. The molecule has 1 amide bonds. The molecular weight excluding hydrogens is 344 g/mol. The number of hydrogen-bond donors (Lipinski definition) is 0. The lowest BCUT2D eigenvalue weighted by atomic mass is 9.88. The molecule has 0 radical (unpaired) electrons. The van der Waals surface area contributed by atoms with Gasteiger partial charge in [-0.2, -0.15) is 0 Å². The smallest absolute Gasteiger partial charge is 0.278 e. The summed E-state index contributed by atoms with van der Waals surface area (Å²) in [6.45, 7) is 6.37. The number of hydrogen-bond acceptors (Lipinski definition) is 2. The van der Waals surface area contributed by atoms with Crippen LogP contribution in [0.5, 0.6) is 0 Å². The second-order valence-corrected chi connectivity index (χ2v) is 7.63. The highest BCUT2D eigenvalue weighted by Crippen LogP contribution is 2.26. The Morgan fingerprint density at radius 3 is 2.23 bits per heavy atom. The van der Waals surface area contributed by atoms with Crippen molar-refractivity contribution in [2.24, 2.45) is 4.99 Å². The molecule has 26 heavy (non-hydrogen) atoms. The quantitative estimate of drug-likeness (QED) is 0.692. The monoisotopic (exact) mass is 368 g/mol. The summed E-state index contributed by atoms with van der Waals surface area (Å²) in [7, 11) is 0. The molecule has 1 aliphatic heterocycles. The van der Waals surface area contributed by atoms with Crippen LogP contribution in [-0.2, 0) is 0 Å². The van der Waals surface area contributed by atoms with E-state index in [2.05, 4.69) is 23.7 Å². The number of amides is 1. The zero-order valence-corrected chi connectivity index (χ0v) is 16.2. The normalized spacial score (nSPS) is 16.5. The average Bonchev–Trinajstić information content (AvgIpc) is 2.67. The van der Waals surface area contributed by atoms with E-state index >= 15 is 0 Å². The Bertz CT molecular complexity index is 793. The summed E-state index contributed by atoms with van der Waals surface area (Å²) < 4.78 is 0. The second kappa shape index (κ2) is 8.15. The zero-order chi connectivity index (χ0) is 18.6. The summed E-state index contributed by atoms with van der Waals surface area (Å²) >= 11 is 6.21. The molecule has 2 aromatic carbocycles. The van der Waals surface area contributed by atoms with Crippen molar-refractivity contribution in [1.82, 2.24) is 4.90 Å². The van der Waals surface area contributed by atoms with Crippen molar-refractivity contribution in [3.05, 3.63) is 70.7 Å². The molecule has 4 heteroatoms. The zero-order valence-electron chi connectivity index (χ0n) is 15.4. The van der Waals surface area contributed by atoms with Crippen molar-refractivity contribution < 1.29 is 4.79 Å². The van der Waals surface area contributed by atoms with E-state index < -0.39 is 0 Å². The number of aliphatic imine (C=N–C) groups is 1. The number of halogens is 1. The fraction of sp³-hybridized carbons (Fsp3) is 0.364. The van der Waals surface area contributed by atoms with Crippen LogP contribution < -0.4 is 0 Å². The molecule has 1 saturated heterocycles. The largest absolute Gasteiger partial charge is 0.293 e. The molecule has 0 saturated carbocycles. The first-order chi connectivity index (χ1) is 12.5. The van der Waals surface area contributed by atoms with Crippen LogP contribution in [0.1, 0.15) is 49.0 Å². The maximum absolute atomic E-state index is 12.9. The molecule has 0 bridgehead atoms. The minimum atomic E-state index is -0.335. The molecule has 0 aliphatic carbocycles. The maximum atomic E-state index is 12.9. The highest BCUT2D eigenvalue weighted by molar-refractivity contribution is 6.34. The van der Waals surface area contributed by atoms with E-state index in [1.54, 1.807) is 12.1 Å². The summed E-state index contributed by atoms with van der Waals surface area (Å²) in [6, 6.07) is 17.1. The number of rotatable bonds is 4. The lowest BCUT2D eigenvalue weighted by molar-refractivity contribution is 0.0997. The van der Waals surface area contributed by atoms with Gasteiger partial charge in [-0.25, -0.2) is 4.99 Å². The highest BCUT2D eigenvalue weighted by Gasteiger charge is 2.34. The van der Waals surface area contributed by atoms with Crippen LogP contribution >= 0.6 is 11.6 Å². The van der Waals surface area contributed by atoms with Crippen LogP contribution in [-0.4, -0.2) is 35.1 Å². The van der Waals surface area contributed by atoms with Crippen LogP contribution in [0.2, 0.25) is 5.02 Å². The Morgan fingerprint density at radius 1 is 0.962 bits per heavy atom. The van der Waals surface area contributed by atoms with E-state index in [0.29, 0.717) is 10.6 Å². The molecule has 136 valence electrons.